The molecule has 0 radical (unpaired) electrons. The molecule has 0 aliphatic carbocycles. The molecule has 3 heterocycles. The summed E-state index contributed by atoms with van der Waals surface area (Å²) in [5.41, 5.74) is 2.22. The first-order valence-electron chi connectivity index (χ1n) is 10.2. The highest BCUT2D eigenvalue weighted by atomic mass is 32.1. The molecule has 0 saturated carbocycles. The summed E-state index contributed by atoms with van der Waals surface area (Å²) < 4.78 is 6.84. The number of benzene rings is 1. The molecule has 1 amide bonds. The van der Waals surface area contributed by atoms with Crippen molar-refractivity contribution in [2.45, 2.75) is 59.1 Å². The number of fused-ring (bicyclic) bond motifs is 1. The van der Waals surface area contributed by atoms with Crippen LogP contribution in [0.25, 0.3) is 10.2 Å². The lowest BCUT2D eigenvalue weighted by atomic mass is 9.86. The molecule has 0 N–H and O–H groups in total. The van der Waals surface area contributed by atoms with Crippen LogP contribution in [0.5, 0.6) is 0 Å². The first-order chi connectivity index (χ1) is 13.1. The Morgan fingerprint density at radius 1 is 1.25 bits per heavy atom. The van der Waals surface area contributed by atoms with Gasteiger partial charge in [-0.05, 0) is 71.7 Å². The largest absolute Gasteiger partial charge is 0.444 e. The van der Waals surface area contributed by atoms with E-state index in [1.54, 1.807) is 11.3 Å². The molecule has 152 valence electrons. The van der Waals surface area contributed by atoms with E-state index >= 15 is 0 Å². The second-order valence-corrected chi connectivity index (χ2v) is 10.7. The van der Waals surface area contributed by atoms with Gasteiger partial charge in [-0.25, -0.2) is 9.78 Å². The summed E-state index contributed by atoms with van der Waals surface area (Å²) >= 11 is 1.75. The molecule has 2 unspecified atom stereocenters. The van der Waals surface area contributed by atoms with Crippen LogP contribution in [0.2, 0.25) is 0 Å². The Morgan fingerprint density at radius 3 is 2.75 bits per heavy atom. The van der Waals surface area contributed by atoms with Crippen molar-refractivity contribution in [3.05, 3.63) is 28.8 Å². The van der Waals surface area contributed by atoms with E-state index in [4.69, 9.17) is 4.74 Å². The number of amides is 1. The smallest absolute Gasteiger partial charge is 0.410 e. The lowest BCUT2D eigenvalue weighted by molar-refractivity contribution is 0.0273. The highest BCUT2D eigenvalue weighted by Crippen LogP contribution is 2.42. The zero-order chi connectivity index (χ0) is 20.1. The third kappa shape index (κ3) is 3.90. The van der Waals surface area contributed by atoms with E-state index in [0.717, 1.165) is 49.5 Å². The first-order valence-corrected chi connectivity index (χ1v) is 11.0. The van der Waals surface area contributed by atoms with Gasteiger partial charge in [-0.3, -0.25) is 4.90 Å². The molecule has 2 saturated heterocycles. The lowest BCUT2D eigenvalue weighted by Gasteiger charge is -2.29. The zero-order valence-corrected chi connectivity index (χ0v) is 18.4. The Bertz CT molecular complexity index is 888. The van der Waals surface area contributed by atoms with Gasteiger partial charge in [0.05, 0.1) is 15.2 Å². The summed E-state index contributed by atoms with van der Waals surface area (Å²) in [4.78, 5) is 21.6. The summed E-state index contributed by atoms with van der Waals surface area (Å²) in [6.45, 7) is 13.9. The van der Waals surface area contributed by atoms with E-state index in [2.05, 4.69) is 41.9 Å². The number of carbonyl (C=O) groups excluding carboxylic acids is 1. The van der Waals surface area contributed by atoms with Crippen LogP contribution in [0, 0.1) is 12.3 Å². The van der Waals surface area contributed by atoms with Crippen molar-refractivity contribution >= 4 is 27.6 Å². The van der Waals surface area contributed by atoms with Crippen molar-refractivity contribution in [2.75, 3.05) is 26.2 Å². The van der Waals surface area contributed by atoms with Gasteiger partial charge in [-0.15, -0.1) is 11.3 Å². The van der Waals surface area contributed by atoms with Crippen LogP contribution in [0.3, 0.4) is 0 Å². The summed E-state index contributed by atoms with van der Waals surface area (Å²) in [5.74, 6) is 0. The molecule has 1 aromatic carbocycles. The standard InChI is InChI=1S/C22H31N3O2S/c1-15(17-6-7-19-18(12-17)23-16(2)28-19)24-10-8-22(13-24)9-11-25(14-22)20(26)27-21(3,4)5/h6-7,12,15H,8-11,13-14H2,1-5H3. The molecule has 28 heavy (non-hydrogen) atoms. The molecular formula is C22H31N3O2S. The van der Waals surface area contributed by atoms with Crippen LogP contribution in [-0.4, -0.2) is 52.7 Å². The summed E-state index contributed by atoms with van der Waals surface area (Å²) in [6, 6.07) is 7.06. The normalized spacial score (nSPS) is 24.4. The molecule has 0 bridgehead atoms. The fourth-order valence-corrected chi connectivity index (χ4v) is 5.39. The van der Waals surface area contributed by atoms with Gasteiger partial charge >= 0.3 is 6.09 Å². The van der Waals surface area contributed by atoms with E-state index < -0.39 is 5.60 Å². The maximum absolute atomic E-state index is 12.4. The topological polar surface area (TPSA) is 45.7 Å². The molecule has 1 aromatic heterocycles. The number of carbonyl (C=O) groups is 1. The molecule has 2 aliphatic rings. The molecule has 2 aromatic rings. The maximum atomic E-state index is 12.4. The predicted molar refractivity (Wildman–Crippen MR) is 114 cm³/mol. The fraction of sp³-hybridized carbons (Fsp3) is 0.636. The van der Waals surface area contributed by atoms with Gasteiger partial charge in [0, 0.05) is 31.1 Å². The summed E-state index contributed by atoms with van der Waals surface area (Å²) in [5, 5.41) is 1.12. The SMILES string of the molecule is Cc1nc2cc(C(C)N3CCC4(CCN(C(=O)OC(C)(C)C)C4)C3)ccc2s1. The second kappa shape index (κ2) is 6.99. The Hall–Kier alpha value is -1.66. The van der Waals surface area contributed by atoms with Crippen LogP contribution in [0.15, 0.2) is 18.2 Å². The van der Waals surface area contributed by atoms with E-state index in [1.807, 2.05) is 25.7 Å². The molecule has 2 aliphatic heterocycles. The Balaban J connectivity index is 1.42. The quantitative estimate of drug-likeness (QED) is 0.710. The number of aryl methyl sites for hydroxylation is 1. The van der Waals surface area contributed by atoms with Crippen LogP contribution in [0.4, 0.5) is 4.79 Å². The number of rotatable bonds is 2. The van der Waals surface area contributed by atoms with Gasteiger partial charge < -0.3 is 9.64 Å². The average Bonchev–Trinajstić information content (AvgIpc) is 3.31. The third-order valence-corrected chi connectivity index (χ3v) is 7.06. The minimum Gasteiger partial charge on any atom is -0.444 e. The Kier molecular flexibility index (Phi) is 4.91. The number of aromatic nitrogens is 1. The number of thiazole rings is 1. The van der Waals surface area contributed by atoms with Gasteiger partial charge in [0.2, 0.25) is 0 Å². The first kappa shape index (κ1) is 19.6. The van der Waals surface area contributed by atoms with Crippen molar-refractivity contribution in [3.63, 3.8) is 0 Å². The fourth-order valence-electron chi connectivity index (χ4n) is 4.58. The number of likely N-dealkylation sites (tertiary alicyclic amines) is 2. The monoisotopic (exact) mass is 401 g/mol. The van der Waals surface area contributed by atoms with Crippen molar-refractivity contribution in [3.8, 4) is 0 Å². The zero-order valence-electron chi connectivity index (χ0n) is 17.6. The van der Waals surface area contributed by atoms with E-state index in [1.165, 1.54) is 10.3 Å². The predicted octanol–water partition coefficient (Wildman–Crippen LogP) is 5.00. The number of hydrogen-bond donors (Lipinski definition) is 0. The van der Waals surface area contributed by atoms with Gasteiger partial charge in [0.15, 0.2) is 0 Å². The Labute approximate surface area is 171 Å². The highest BCUT2D eigenvalue weighted by Gasteiger charge is 2.46. The Morgan fingerprint density at radius 2 is 2.00 bits per heavy atom. The van der Waals surface area contributed by atoms with Crippen molar-refractivity contribution in [1.29, 1.82) is 0 Å². The molecule has 2 fully saturated rings. The number of nitrogens with zero attached hydrogens (tertiary/aromatic N) is 3. The van der Waals surface area contributed by atoms with E-state index in [9.17, 15) is 4.79 Å². The summed E-state index contributed by atoms with van der Waals surface area (Å²) in [6.07, 6.45) is 2.05. The molecular weight excluding hydrogens is 370 g/mol. The molecule has 4 rings (SSSR count). The van der Waals surface area contributed by atoms with Crippen LogP contribution in [-0.2, 0) is 4.74 Å². The lowest BCUT2D eigenvalue weighted by Crippen LogP contribution is -2.38. The molecule has 2 atom stereocenters. The van der Waals surface area contributed by atoms with Crippen molar-refractivity contribution in [2.24, 2.45) is 5.41 Å². The third-order valence-electron chi connectivity index (χ3n) is 6.11. The number of hydrogen-bond acceptors (Lipinski definition) is 5. The maximum Gasteiger partial charge on any atom is 0.410 e. The molecule has 1 spiro atoms. The van der Waals surface area contributed by atoms with E-state index in [0.29, 0.717) is 6.04 Å². The van der Waals surface area contributed by atoms with Gasteiger partial charge in [-0.2, -0.15) is 0 Å². The van der Waals surface area contributed by atoms with Gasteiger partial charge in [-0.1, -0.05) is 6.07 Å². The summed E-state index contributed by atoms with van der Waals surface area (Å²) in [7, 11) is 0. The van der Waals surface area contributed by atoms with Gasteiger partial charge in [0.1, 0.15) is 5.60 Å². The minimum atomic E-state index is -0.435. The van der Waals surface area contributed by atoms with Crippen LogP contribution in [0.1, 0.15) is 57.1 Å². The average molecular weight is 402 g/mol. The molecule has 5 nitrogen and oxygen atoms in total. The molecule has 6 heteroatoms. The van der Waals surface area contributed by atoms with Crippen molar-refractivity contribution < 1.29 is 9.53 Å². The van der Waals surface area contributed by atoms with Crippen molar-refractivity contribution in [1.82, 2.24) is 14.8 Å². The number of ether oxygens (including phenoxy) is 1. The second-order valence-electron chi connectivity index (χ2n) is 9.51. The van der Waals surface area contributed by atoms with Crippen LogP contribution >= 0.6 is 11.3 Å². The minimum absolute atomic E-state index is 0.166. The highest BCUT2D eigenvalue weighted by molar-refractivity contribution is 7.18. The van der Waals surface area contributed by atoms with Gasteiger partial charge in [0.25, 0.3) is 0 Å². The van der Waals surface area contributed by atoms with Crippen LogP contribution < -0.4 is 0 Å². The van der Waals surface area contributed by atoms with E-state index in [-0.39, 0.29) is 11.5 Å².